The lowest BCUT2D eigenvalue weighted by Crippen LogP contribution is -2.37. The highest BCUT2D eigenvalue weighted by Crippen LogP contribution is 2.27. The van der Waals surface area contributed by atoms with Gasteiger partial charge < -0.3 is 5.32 Å². The van der Waals surface area contributed by atoms with Crippen LogP contribution in [0.4, 0.5) is 5.13 Å². The zero-order valence-electron chi connectivity index (χ0n) is 12.2. The van der Waals surface area contributed by atoms with Crippen molar-refractivity contribution >= 4 is 32.4 Å². The van der Waals surface area contributed by atoms with E-state index in [1.807, 2.05) is 6.92 Å². The number of anilines is 1. The van der Waals surface area contributed by atoms with E-state index in [2.05, 4.69) is 22.4 Å². The summed E-state index contributed by atoms with van der Waals surface area (Å²) in [6.07, 6.45) is 2.82. The highest BCUT2D eigenvalue weighted by atomic mass is 32.2. The van der Waals surface area contributed by atoms with Crippen molar-refractivity contribution in [2.24, 2.45) is 5.92 Å². The zero-order chi connectivity index (χ0) is 15.5. The van der Waals surface area contributed by atoms with Crippen LogP contribution in [0.15, 0.2) is 4.34 Å². The molecule has 0 spiro atoms. The Balaban J connectivity index is 2.07. The minimum absolute atomic E-state index is 0.0520. The van der Waals surface area contributed by atoms with Gasteiger partial charge in [0.15, 0.2) is 0 Å². The van der Waals surface area contributed by atoms with Gasteiger partial charge in [-0.2, -0.15) is 4.31 Å². The van der Waals surface area contributed by atoms with Gasteiger partial charge in [-0.25, -0.2) is 8.42 Å². The third-order valence-electron chi connectivity index (χ3n) is 3.43. The number of piperidine rings is 1. The predicted octanol–water partition coefficient (Wildman–Crippen LogP) is 1.70. The molecular formula is C12H20N4O3S2. The van der Waals surface area contributed by atoms with Gasteiger partial charge in [-0.05, 0) is 25.2 Å². The Morgan fingerprint density at radius 2 is 2.05 bits per heavy atom. The standard InChI is InChI=1S/C12H20N4O3S2/c1-3-4-10(17)13-11-14-15-12(20-11)21(18,19)16-7-5-9(2)6-8-16/h9H,3-8H2,1-2H3,(H,13,14,17). The molecule has 0 bridgehead atoms. The molecule has 118 valence electrons. The molecule has 2 rings (SSSR count). The minimum atomic E-state index is -3.59. The minimum Gasteiger partial charge on any atom is -0.301 e. The molecule has 9 heteroatoms. The number of nitrogens with zero attached hydrogens (tertiary/aromatic N) is 3. The summed E-state index contributed by atoms with van der Waals surface area (Å²) in [6.45, 7) is 5.05. The van der Waals surface area contributed by atoms with E-state index in [9.17, 15) is 13.2 Å². The molecule has 1 aliphatic heterocycles. The number of carbonyl (C=O) groups is 1. The molecule has 2 heterocycles. The molecule has 0 aliphatic carbocycles. The van der Waals surface area contributed by atoms with Crippen molar-refractivity contribution in [2.75, 3.05) is 18.4 Å². The largest absolute Gasteiger partial charge is 0.301 e. The molecule has 0 radical (unpaired) electrons. The normalized spacial score (nSPS) is 17.8. The summed E-state index contributed by atoms with van der Waals surface area (Å²) in [4.78, 5) is 11.5. The summed E-state index contributed by atoms with van der Waals surface area (Å²) < 4.78 is 26.3. The van der Waals surface area contributed by atoms with Crippen LogP contribution in [-0.2, 0) is 14.8 Å². The van der Waals surface area contributed by atoms with E-state index in [-0.39, 0.29) is 15.4 Å². The van der Waals surface area contributed by atoms with Gasteiger partial charge >= 0.3 is 0 Å². The van der Waals surface area contributed by atoms with Crippen LogP contribution in [0.2, 0.25) is 0 Å². The van der Waals surface area contributed by atoms with Crippen molar-refractivity contribution < 1.29 is 13.2 Å². The van der Waals surface area contributed by atoms with E-state index in [1.54, 1.807) is 0 Å². The summed E-state index contributed by atoms with van der Waals surface area (Å²) in [5.74, 6) is 0.374. The maximum atomic E-state index is 12.4. The van der Waals surface area contributed by atoms with Crippen LogP contribution in [0.1, 0.15) is 39.5 Å². The first-order valence-electron chi connectivity index (χ1n) is 7.07. The van der Waals surface area contributed by atoms with Crippen molar-refractivity contribution in [3.05, 3.63) is 0 Å². The Labute approximate surface area is 128 Å². The predicted molar refractivity (Wildman–Crippen MR) is 80.6 cm³/mol. The molecule has 1 aromatic heterocycles. The second-order valence-corrected chi connectivity index (χ2v) is 8.35. The fraction of sp³-hybridized carbons (Fsp3) is 0.750. The zero-order valence-corrected chi connectivity index (χ0v) is 13.8. The quantitative estimate of drug-likeness (QED) is 0.829. The lowest BCUT2D eigenvalue weighted by atomic mass is 10.0. The van der Waals surface area contributed by atoms with Crippen molar-refractivity contribution in [3.63, 3.8) is 0 Å². The van der Waals surface area contributed by atoms with Crippen LogP contribution in [0.25, 0.3) is 0 Å². The Hall–Kier alpha value is -1.06. The van der Waals surface area contributed by atoms with Crippen molar-refractivity contribution in [1.29, 1.82) is 0 Å². The molecule has 1 fully saturated rings. The molecule has 21 heavy (non-hydrogen) atoms. The second kappa shape index (κ2) is 6.80. The molecule has 0 saturated carbocycles. The lowest BCUT2D eigenvalue weighted by molar-refractivity contribution is -0.116. The highest BCUT2D eigenvalue weighted by Gasteiger charge is 2.31. The number of carbonyl (C=O) groups excluding carboxylic acids is 1. The van der Waals surface area contributed by atoms with E-state index >= 15 is 0 Å². The van der Waals surface area contributed by atoms with Crippen LogP contribution in [-0.4, -0.2) is 41.9 Å². The Morgan fingerprint density at radius 1 is 1.38 bits per heavy atom. The summed E-state index contributed by atoms with van der Waals surface area (Å²) in [5, 5.41) is 10.3. The fourth-order valence-electron chi connectivity index (χ4n) is 2.11. The van der Waals surface area contributed by atoms with Crippen molar-refractivity contribution in [3.8, 4) is 0 Å². The van der Waals surface area contributed by atoms with Gasteiger partial charge in [0, 0.05) is 19.5 Å². The SMILES string of the molecule is CCCC(=O)Nc1nnc(S(=O)(=O)N2CCC(C)CC2)s1. The second-order valence-electron chi connectivity index (χ2n) is 5.26. The Bertz CT molecular complexity index is 591. The summed E-state index contributed by atoms with van der Waals surface area (Å²) in [7, 11) is -3.59. The summed E-state index contributed by atoms with van der Waals surface area (Å²) in [6, 6.07) is 0. The number of sulfonamides is 1. The smallest absolute Gasteiger partial charge is 0.272 e. The van der Waals surface area contributed by atoms with E-state index in [0.29, 0.717) is 25.4 Å². The van der Waals surface area contributed by atoms with Crippen LogP contribution in [0.3, 0.4) is 0 Å². The monoisotopic (exact) mass is 332 g/mol. The van der Waals surface area contributed by atoms with E-state index in [4.69, 9.17) is 0 Å². The highest BCUT2D eigenvalue weighted by molar-refractivity contribution is 7.91. The summed E-state index contributed by atoms with van der Waals surface area (Å²) in [5.41, 5.74) is 0. The molecule has 1 amide bonds. The topological polar surface area (TPSA) is 92.3 Å². The maximum absolute atomic E-state index is 12.4. The average Bonchev–Trinajstić information content (AvgIpc) is 2.88. The third-order valence-corrected chi connectivity index (χ3v) is 6.52. The van der Waals surface area contributed by atoms with Gasteiger partial charge in [-0.1, -0.05) is 25.2 Å². The molecule has 0 atom stereocenters. The third kappa shape index (κ3) is 3.98. The Morgan fingerprint density at radius 3 is 2.67 bits per heavy atom. The first-order valence-corrected chi connectivity index (χ1v) is 9.32. The van der Waals surface area contributed by atoms with Gasteiger partial charge in [0.2, 0.25) is 15.4 Å². The molecule has 1 saturated heterocycles. The number of amides is 1. The van der Waals surface area contributed by atoms with Crippen LogP contribution >= 0.6 is 11.3 Å². The van der Waals surface area contributed by atoms with Gasteiger partial charge in [0.1, 0.15) is 0 Å². The van der Waals surface area contributed by atoms with Gasteiger partial charge in [-0.3, -0.25) is 4.79 Å². The molecular weight excluding hydrogens is 312 g/mol. The van der Waals surface area contributed by atoms with Gasteiger partial charge in [0.25, 0.3) is 10.0 Å². The van der Waals surface area contributed by atoms with Crippen molar-refractivity contribution in [2.45, 2.75) is 43.9 Å². The number of nitrogens with one attached hydrogen (secondary N) is 1. The first-order chi connectivity index (χ1) is 9.93. The number of aromatic nitrogens is 2. The van der Waals surface area contributed by atoms with Crippen LogP contribution < -0.4 is 5.32 Å². The first kappa shape index (κ1) is 16.3. The van der Waals surface area contributed by atoms with Crippen LogP contribution in [0, 0.1) is 5.92 Å². The fourth-order valence-corrected chi connectivity index (χ4v) is 4.63. The molecule has 0 aromatic carbocycles. The molecule has 1 aliphatic rings. The van der Waals surface area contributed by atoms with E-state index in [1.165, 1.54) is 4.31 Å². The lowest BCUT2D eigenvalue weighted by Gasteiger charge is -2.28. The van der Waals surface area contributed by atoms with Gasteiger partial charge in [-0.15, -0.1) is 10.2 Å². The van der Waals surface area contributed by atoms with Gasteiger partial charge in [0.05, 0.1) is 0 Å². The van der Waals surface area contributed by atoms with Crippen LogP contribution in [0.5, 0.6) is 0 Å². The van der Waals surface area contributed by atoms with E-state index < -0.39 is 10.0 Å². The number of hydrogen-bond acceptors (Lipinski definition) is 6. The number of rotatable bonds is 5. The Kier molecular flexibility index (Phi) is 5.28. The molecule has 1 N–H and O–H groups in total. The molecule has 1 aromatic rings. The molecule has 0 unspecified atom stereocenters. The van der Waals surface area contributed by atoms with Crippen molar-refractivity contribution in [1.82, 2.24) is 14.5 Å². The average molecular weight is 332 g/mol. The maximum Gasteiger partial charge on any atom is 0.272 e. The molecule has 7 nitrogen and oxygen atoms in total. The summed E-state index contributed by atoms with van der Waals surface area (Å²) >= 11 is 0.905. The van der Waals surface area contributed by atoms with E-state index in [0.717, 1.165) is 30.6 Å². The number of hydrogen-bond donors (Lipinski definition) is 1.